The summed E-state index contributed by atoms with van der Waals surface area (Å²) in [4.78, 5) is 0. The van der Waals surface area contributed by atoms with Crippen LogP contribution in [0.3, 0.4) is 0 Å². The summed E-state index contributed by atoms with van der Waals surface area (Å²) in [6.07, 6.45) is 0. The molecule has 3 heteroatoms. The fourth-order valence-electron chi connectivity index (χ4n) is 1.92. The first-order chi connectivity index (χ1) is 9.22. The van der Waals surface area contributed by atoms with Crippen molar-refractivity contribution in [2.24, 2.45) is 0 Å². The Morgan fingerprint density at radius 1 is 0.842 bits per heavy atom. The summed E-state index contributed by atoms with van der Waals surface area (Å²) < 4.78 is 6.75. The lowest BCUT2D eigenvalue weighted by atomic mass is 10.1. The van der Waals surface area contributed by atoms with Crippen LogP contribution >= 0.6 is 27.5 Å². The van der Waals surface area contributed by atoms with E-state index in [1.807, 2.05) is 48.5 Å². The first-order valence-electron chi connectivity index (χ1n) is 5.84. The van der Waals surface area contributed by atoms with E-state index < -0.39 is 0 Å². The summed E-state index contributed by atoms with van der Waals surface area (Å²) in [5.41, 5.74) is 0. The number of halogens is 2. The second kappa shape index (κ2) is 5.24. The van der Waals surface area contributed by atoms with Crippen LogP contribution in [0.25, 0.3) is 10.8 Å². The Kier molecular flexibility index (Phi) is 3.45. The van der Waals surface area contributed by atoms with Gasteiger partial charge >= 0.3 is 0 Å². The predicted octanol–water partition coefficient (Wildman–Crippen LogP) is 6.05. The van der Waals surface area contributed by atoms with Gasteiger partial charge in [-0.3, -0.25) is 0 Å². The molecule has 94 valence electrons. The molecule has 0 spiro atoms. The number of hydrogen-bond donors (Lipinski definition) is 0. The highest BCUT2D eigenvalue weighted by atomic mass is 79.9. The van der Waals surface area contributed by atoms with Crippen molar-refractivity contribution in [3.63, 3.8) is 0 Å². The topological polar surface area (TPSA) is 9.23 Å². The van der Waals surface area contributed by atoms with Gasteiger partial charge in [-0.1, -0.05) is 57.9 Å². The van der Waals surface area contributed by atoms with Gasteiger partial charge in [-0.15, -0.1) is 0 Å². The molecule has 3 aromatic carbocycles. The van der Waals surface area contributed by atoms with Crippen LogP contribution in [0.15, 0.2) is 65.1 Å². The van der Waals surface area contributed by atoms with Gasteiger partial charge in [-0.2, -0.15) is 0 Å². The zero-order valence-electron chi connectivity index (χ0n) is 9.94. The van der Waals surface area contributed by atoms with Crippen molar-refractivity contribution in [2.45, 2.75) is 0 Å². The zero-order chi connectivity index (χ0) is 13.2. The largest absolute Gasteiger partial charge is 0.456 e. The third-order valence-electron chi connectivity index (χ3n) is 2.84. The van der Waals surface area contributed by atoms with Crippen molar-refractivity contribution in [1.82, 2.24) is 0 Å². The molecule has 3 rings (SSSR count). The highest BCUT2D eigenvalue weighted by Crippen LogP contribution is 2.32. The van der Waals surface area contributed by atoms with Gasteiger partial charge < -0.3 is 4.74 Å². The molecule has 0 N–H and O–H groups in total. The summed E-state index contributed by atoms with van der Waals surface area (Å²) in [6, 6.07) is 19.7. The molecule has 0 aliphatic carbocycles. The Labute approximate surface area is 124 Å². The van der Waals surface area contributed by atoms with Crippen LogP contribution < -0.4 is 4.74 Å². The summed E-state index contributed by atoms with van der Waals surface area (Å²) in [5, 5.41) is 2.92. The van der Waals surface area contributed by atoms with Crippen molar-refractivity contribution in [3.05, 3.63) is 70.2 Å². The van der Waals surface area contributed by atoms with Crippen molar-refractivity contribution >= 4 is 38.3 Å². The first-order valence-corrected chi connectivity index (χ1v) is 7.01. The second-order valence-corrected chi connectivity index (χ2v) is 5.51. The van der Waals surface area contributed by atoms with Crippen LogP contribution in [0.4, 0.5) is 0 Å². The highest BCUT2D eigenvalue weighted by Gasteiger charge is 2.04. The molecule has 0 fully saturated rings. The monoisotopic (exact) mass is 332 g/mol. The molecule has 0 aliphatic rings. The number of fused-ring (bicyclic) bond motifs is 1. The minimum atomic E-state index is 0.586. The molecule has 3 aromatic rings. The van der Waals surface area contributed by atoms with Gasteiger partial charge in [0.15, 0.2) is 0 Å². The van der Waals surface area contributed by atoms with Crippen molar-refractivity contribution in [3.8, 4) is 11.5 Å². The number of benzene rings is 3. The third-order valence-corrected chi connectivity index (χ3v) is 3.63. The molecule has 0 saturated heterocycles. The number of hydrogen-bond acceptors (Lipinski definition) is 1. The molecule has 0 atom stereocenters. The van der Waals surface area contributed by atoms with Crippen LogP contribution in [-0.4, -0.2) is 0 Å². The van der Waals surface area contributed by atoms with Gasteiger partial charge in [0.2, 0.25) is 0 Å². The maximum atomic E-state index is 6.14. The van der Waals surface area contributed by atoms with E-state index in [1.165, 1.54) is 5.39 Å². The third kappa shape index (κ3) is 2.75. The van der Waals surface area contributed by atoms with E-state index in [2.05, 4.69) is 28.1 Å². The molecule has 1 nitrogen and oxygen atoms in total. The molecule has 0 aromatic heterocycles. The van der Waals surface area contributed by atoms with E-state index in [1.54, 1.807) is 0 Å². The molecule has 19 heavy (non-hydrogen) atoms. The lowest BCUT2D eigenvalue weighted by molar-refractivity contribution is 0.483. The van der Waals surface area contributed by atoms with Gasteiger partial charge in [0, 0.05) is 4.47 Å². The minimum absolute atomic E-state index is 0.586. The van der Waals surface area contributed by atoms with Crippen LogP contribution in [0.1, 0.15) is 0 Å². The zero-order valence-corrected chi connectivity index (χ0v) is 12.3. The average Bonchev–Trinajstić information content (AvgIpc) is 2.42. The van der Waals surface area contributed by atoms with Crippen molar-refractivity contribution in [1.29, 1.82) is 0 Å². The molecule has 0 bridgehead atoms. The lowest BCUT2D eigenvalue weighted by Gasteiger charge is -2.08. The maximum absolute atomic E-state index is 6.14. The minimum Gasteiger partial charge on any atom is -0.456 e. The molecule has 0 heterocycles. The van der Waals surface area contributed by atoms with Crippen LogP contribution in [0.2, 0.25) is 5.02 Å². The van der Waals surface area contributed by atoms with Crippen molar-refractivity contribution in [2.75, 3.05) is 0 Å². The summed E-state index contributed by atoms with van der Waals surface area (Å²) in [7, 11) is 0. The molecule has 0 saturated carbocycles. The number of ether oxygens (including phenoxy) is 1. The van der Waals surface area contributed by atoms with E-state index in [0.717, 1.165) is 15.6 Å². The summed E-state index contributed by atoms with van der Waals surface area (Å²) in [6.45, 7) is 0. The Morgan fingerprint density at radius 3 is 2.42 bits per heavy atom. The molecule has 0 aliphatic heterocycles. The molecular weight excluding hydrogens is 324 g/mol. The average molecular weight is 334 g/mol. The van der Waals surface area contributed by atoms with Crippen LogP contribution in [0.5, 0.6) is 11.5 Å². The van der Waals surface area contributed by atoms with E-state index in [9.17, 15) is 0 Å². The maximum Gasteiger partial charge on any atom is 0.146 e. The van der Waals surface area contributed by atoms with Gasteiger partial charge in [0.1, 0.15) is 11.5 Å². The van der Waals surface area contributed by atoms with Gasteiger partial charge in [0.25, 0.3) is 0 Å². The standard InChI is InChI=1S/C16H10BrClO/c17-13-6-8-16(15(18)10-13)19-14-7-5-11-3-1-2-4-12(11)9-14/h1-10H. The SMILES string of the molecule is Clc1cc(Br)ccc1Oc1ccc2ccccc2c1. The van der Waals surface area contributed by atoms with Gasteiger partial charge in [0.05, 0.1) is 5.02 Å². The van der Waals surface area contributed by atoms with E-state index in [4.69, 9.17) is 16.3 Å². The highest BCUT2D eigenvalue weighted by molar-refractivity contribution is 9.10. The van der Waals surface area contributed by atoms with E-state index in [0.29, 0.717) is 10.8 Å². The summed E-state index contributed by atoms with van der Waals surface area (Å²) >= 11 is 9.52. The fourth-order valence-corrected chi connectivity index (χ4v) is 2.63. The van der Waals surface area contributed by atoms with Crippen molar-refractivity contribution < 1.29 is 4.74 Å². The lowest BCUT2D eigenvalue weighted by Crippen LogP contribution is -1.85. The van der Waals surface area contributed by atoms with E-state index in [-0.39, 0.29) is 0 Å². The quantitative estimate of drug-likeness (QED) is 0.555. The Hall–Kier alpha value is -1.51. The molecular formula is C16H10BrClO. The normalized spacial score (nSPS) is 10.6. The summed E-state index contributed by atoms with van der Waals surface area (Å²) in [5.74, 6) is 1.43. The number of rotatable bonds is 2. The second-order valence-electron chi connectivity index (χ2n) is 4.19. The van der Waals surface area contributed by atoms with Crippen LogP contribution in [0, 0.1) is 0 Å². The molecule has 0 unspecified atom stereocenters. The van der Waals surface area contributed by atoms with Gasteiger partial charge in [-0.25, -0.2) is 0 Å². The fraction of sp³-hybridized carbons (Fsp3) is 0. The predicted molar refractivity (Wildman–Crippen MR) is 83.2 cm³/mol. The Bertz CT molecular complexity index is 740. The Morgan fingerprint density at radius 2 is 1.63 bits per heavy atom. The van der Waals surface area contributed by atoms with E-state index >= 15 is 0 Å². The first kappa shape index (κ1) is 12.5. The molecule has 0 radical (unpaired) electrons. The smallest absolute Gasteiger partial charge is 0.146 e. The Balaban J connectivity index is 1.96. The molecule has 0 amide bonds. The van der Waals surface area contributed by atoms with Crippen LogP contribution in [-0.2, 0) is 0 Å². The van der Waals surface area contributed by atoms with Gasteiger partial charge in [-0.05, 0) is 41.1 Å².